The SMILES string of the molecule is CCCCCNc1nc2ccc(C)cn2c(=O)c1C=C1SC(=S)N(CC(=O)O)C1=O. The van der Waals surface area contributed by atoms with E-state index < -0.39 is 18.4 Å². The Morgan fingerprint density at radius 3 is 2.80 bits per heavy atom. The lowest BCUT2D eigenvalue weighted by atomic mass is 10.2. The zero-order valence-corrected chi connectivity index (χ0v) is 18.3. The van der Waals surface area contributed by atoms with Crippen LogP contribution in [0.1, 0.15) is 37.3 Å². The third-order valence-electron chi connectivity index (χ3n) is 4.52. The van der Waals surface area contributed by atoms with Gasteiger partial charge in [0, 0.05) is 12.7 Å². The fourth-order valence-corrected chi connectivity index (χ4v) is 4.24. The van der Waals surface area contributed by atoms with Gasteiger partial charge in [-0.25, -0.2) is 4.98 Å². The summed E-state index contributed by atoms with van der Waals surface area (Å²) in [6.45, 7) is 4.11. The molecule has 0 atom stereocenters. The molecule has 0 aromatic carbocycles. The molecule has 3 heterocycles. The zero-order valence-electron chi connectivity index (χ0n) is 16.7. The average Bonchev–Trinajstić information content (AvgIpc) is 2.95. The molecule has 0 bridgehead atoms. The number of thioether (sulfide) groups is 1. The molecule has 0 unspecified atom stereocenters. The minimum absolute atomic E-state index is 0.149. The number of aromatic nitrogens is 2. The van der Waals surface area contributed by atoms with Crippen LogP contribution in [0.2, 0.25) is 0 Å². The van der Waals surface area contributed by atoms with Gasteiger partial charge in [-0.3, -0.25) is 23.7 Å². The van der Waals surface area contributed by atoms with E-state index in [0.717, 1.165) is 41.5 Å². The number of carbonyl (C=O) groups is 2. The smallest absolute Gasteiger partial charge is 0.323 e. The Bertz CT molecular complexity index is 1110. The molecule has 158 valence electrons. The van der Waals surface area contributed by atoms with Crippen molar-refractivity contribution in [3.05, 3.63) is 44.7 Å². The van der Waals surface area contributed by atoms with E-state index in [4.69, 9.17) is 17.3 Å². The molecule has 0 spiro atoms. The molecule has 2 aromatic rings. The maximum absolute atomic E-state index is 13.2. The topological polar surface area (TPSA) is 104 Å². The van der Waals surface area contributed by atoms with Crippen LogP contribution in [0.3, 0.4) is 0 Å². The predicted octanol–water partition coefficient (Wildman–Crippen LogP) is 2.89. The van der Waals surface area contributed by atoms with Gasteiger partial charge in [-0.05, 0) is 31.1 Å². The largest absolute Gasteiger partial charge is 0.480 e. The summed E-state index contributed by atoms with van der Waals surface area (Å²) in [4.78, 5) is 42.6. The molecular weight excluding hydrogens is 424 g/mol. The number of hydrogen-bond donors (Lipinski definition) is 2. The first kappa shape index (κ1) is 22.0. The van der Waals surface area contributed by atoms with Crippen molar-refractivity contribution in [1.29, 1.82) is 0 Å². The second-order valence-electron chi connectivity index (χ2n) is 6.91. The van der Waals surface area contributed by atoms with Crippen molar-refractivity contribution >= 4 is 57.7 Å². The van der Waals surface area contributed by atoms with Gasteiger partial charge in [0.1, 0.15) is 22.3 Å². The number of amides is 1. The third-order valence-corrected chi connectivity index (χ3v) is 5.90. The quantitative estimate of drug-likeness (QED) is 0.362. The summed E-state index contributed by atoms with van der Waals surface area (Å²) < 4.78 is 1.59. The Labute approximate surface area is 183 Å². The minimum atomic E-state index is -1.16. The van der Waals surface area contributed by atoms with E-state index in [-0.39, 0.29) is 20.3 Å². The van der Waals surface area contributed by atoms with Crippen LogP contribution in [-0.2, 0) is 9.59 Å². The number of anilines is 1. The van der Waals surface area contributed by atoms with E-state index in [1.54, 1.807) is 12.3 Å². The Hall–Kier alpha value is -2.72. The lowest BCUT2D eigenvalue weighted by Crippen LogP contribution is -2.33. The van der Waals surface area contributed by atoms with Crippen molar-refractivity contribution in [1.82, 2.24) is 14.3 Å². The van der Waals surface area contributed by atoms with E-state index in [1.165, 1.54) is 10.5 Å². The molecule has 1 fully saturated rings. The maximum atomic E-state index is 13.2. The van der Waals surface area contributed by atoms with Gasteiger partial charge in [-0.15, -0.1) is 0 Å². The van der Waals surface area contributed by atoms with Gasteiger partial charge < -0.3 is 10.4 Å². The Morgan fingerprint density at radius 2 is 2.10 bits per heavy atom. The average molecular weight is 447 g/mol. The fourth-order valence-electron chi connectivity index (χ4n) is 3.01. The van der Waals surface area contributed by atoms with Crippen LogP contribution in [0.5, 0.6) is 0 Å². The molecule has 0 aliphatic carbocycles. The Balaban J connectivity index is 2.06. The Morgan fingerprint density at radius 1 is 1.33 bits per heavy atom. The number of thiocarbonyl (C=S) groups is 1. The summed E-state index contributed by atoms with van der Waals surface area (Å²) in [6, 6.07) is 3.64. The minimum Gasteiger partial charge on any atom is -0.480 e. The van der Waals surface area contributed by atoms with Crippen LogP contribution in [-0.4, -0.2) is 48.7 Å². The highest BCUT2D eigenvalue weighted by Gasteiger charge is 2.34. The first-order chi connectivity index (χ1) is 14.3. The number of nitrogens with one attached hydrogen (secondary N) is 1. The number of aliphatic carboxylic acids is 1. The van der Waals surface area contributed by atoms with Gasteiger partial charge in [0.15, 0.2) is 0 Å². The lowest BCUT2D eigenvalue weighted by Gasteiger charge is -2.12. The summed E-state index contributed by atoms with van der Waals surface area (Å²) >= 11 is 6.12. The predicted molar refractivity (Wildman–Crippen MR) is 122 cm³/mol. The Kier molecular flexibility index (Phi) is 6.88. The molecular formula is C20H22N4O4S2. The molecule has 2 aromatic heterocycles. The van der Waals surface area contributed by atoms with Crippen LogP contribution in [0.25, 0.3) is 11.7 Å². The summed E-state index contributed by atoms with van der Waals surface area (Å²) in [5.74, 6) is -1.30. The molecule has 1 aliphatic heterocycles. The fraction of sp³-hybridized carbons (Fsp3) is 0.350. The van der Waals surface area contributed by atoms with Gasteiger partial charge in [0.25, 0.3) is 11.5 Å². The number of carboxylic acids is 1. The highest BCUT2D eigenvalue weighted by atomic mass is 32.2. The van der Waals surface area contributed by atoms with E-state index in [1.807, 2.05) is 13.0 Å². The number of carbonyl (C=O) groups excluding carboxylic acids is 1. The van der Waals surface area contributed by atoms with Gasteiger partial charge >= 0.3 is 5.97 Å². The number of unbranched alkanes of at least 4 members (excludes halogenated alkanes) is 2. The summed E-state index contributed by atoms with van der Waals surface area (Å²) in [6.07, 6.45) is 6.17. The third kappa shape index (κ3) is 4.71. The first-order valence-electron chi connectivity index (χ1n) is 9.56. The van der Waals surface area contributed by atoms with Crippen molar-refractivity contribution in [3.63, 3.8) is 0 Å². The lowest BCUT2D eigenvalue weighted by molar-refractivity contribution is -0.140. The van der Waals surface area contributed by atoms with Crippen LogP contribution in [0.4, 0.5) is 5.82 Å². The van der Waals surface area contributed by atoms with Crippen LogP contribution in [0.15, 0.2) is 28.0 Å². The number of rotatable bonds is 8. The molecule has 1 amide bonds. The van der Waals surface area contributed by atoms with Gasteiger partial charge in [-0.1, -0.05) is 49.8 Å². The van der Waals surface area contributed by atoms with Crippen molar-refractivity contribution in [3.8, 4) is 0 Å². The zero-order chi connectivity index (χ0) is 21.8. The van der Waals surface area contributed by atoms with Crippen LogP contribution >= 0.6 is 24.0 Å². The normalized spacial score (nSPS) is 15.4. The van der Waals surface area contributed by atoms with E-state index in [9.17, 15) is 14.4 Å². The number of carboxylic acid groups (broad SMARTS) is 1. The van der Waals surface area contributed by atoms with Crippen molar-refractivity contribution < 1.29 is 14.7 Å². The standard InChI is InChI=1S/C20H22N4O4S2/c1-3-4-5-8-21-17-13(18(27)23-10-12(2)6-7-15(23)22-17)9-14-19(28)24(11-16(25)26)20(29)30-14/h6-7,9-10,21H,3-5,8,11H2,1-2H3,(H,25,26). The number of fused-ring (bicyclic) bond motifs is 1. The molecule has 30 heavy (non-hydrogen) atoms. The molecule has 10 heteroatoms. The molecule has 2 N–H and O–H groups in total. The number of nitrogens with zero attached hydrogens (tertiary/aromatic N) is 3. The van der Waals surface area contributed by atoms with E-state index in [2.05, 4.69) is 17.2 Å². The summed E-state index contributed by atoms with van der Waals surface area (Å²) in [5.41, 5.74) is 1.32. The molecule has 0 radical (unpaired) electrons. The van der Waals surface area contributed by atoms with Gasteiger partial charge in [0.05, 0.1) is 10.5 Å². The van der Waals surface area contributed by atoms with Crippen LogP contribution in [0, 0.1) is 6.92 Å². The van der Waals surface area contributed by atoms with Crippen molar-refractivity contribution in [2.75, 3.05) is 18.4 Å². The van der Waals surface area contributed by atoms with Gasteiger partial charge in [0.2, 0.25) is 0 Å². The van der Waals surface area contributed by atoms with Crippen LogP contribution < -0.4 is 10.9 Å². The first-order valence-corrected chi connectivity index (χ1v) is 10.8. The van der Waals surface area contributed by atoms with Gasteiger partial charge in [-0.2, -0.15) is 0 Å². The number of hydrogen-bond acceptors (Lipinski definition) is 7. The number of aryl methyl sites for hydroxylation is 1. The van der Waals surface area contributed by atoms with Crippen molar-refractivity contribution in [2.45, 2.75) is 33.1 Å². The van der Waals surface area contributed by atoms with E-state index >= 15 is 0 Å². The maximum Gasteiger partial charge on any atom is 0.323 e. The molecule has 1 aliphatic rings. The molecule has 3 rings (SSSR count). The summed E-state index contributed by atoms with van der Waals surface area (Å²) in [5, 5.41) is 12.2. The summed E-state index contributed by atoms with van der Waals surface area (Å²) in [7, 11) is 0. The molecule has 8 nitrogen and oxygen atoms in total. The molecule has 1 saturated heterocycles. The number of pyridine rings is 1. The highest BCUT2D eigenvalue weighted by Crippen LogP contribution is 2.32. The monoisotopic (exact) mass is 446 g/mol. The van der Waals surface area contributed by atoms with Crippen molar-refractivity contribution in [2.24, 2.45) is 0 Å². The van der Waals surface area contributed by atoms with E-state index in [0.29, 0.717) is 18.0 Å². The second-order valence-corrected chi connectivity index (χ2v) is 8.59. The second kappa shape index (κ2) is 9.40. The highest BCUT2D eigenvalue weighted by molar-refractivity contribution is 8.26. The molecule has 0 saturated carbocycles.